The lowest BCUT2D eigenvalue weighted by molar-refractivity contribution is -0.0473. The van der Waals surface area contributed by atoms with Crippen LogP contribution in [0.3, 0.4) is 0 Å². The third kappa shape index (κ3) is 6.45. The second-order valence-corrected chi connectivity index (χ2v) is 7.66. The molecule has 0 heterocycles. The van der Waals surface area contributed by atoms with Gasteiger partial charge in [-0.15, -0.1) is 17.5 Å². The molecule has 0 fully saturated rings. The molecule has 0 spiro atoms. The van der Waals surface area contributed by atoms with E-state index >= 15 is 0 Å². The zero-order chi connectivity index (χ0) is 20.0. The summed E-state index contributed by atoms with van der Waals surface area (Å²) in [6.45, 7) is -0.0475. The fourth-order valence-electron chi connectivity index (χ4n) is 2.03. The van der Waals surface area contributed by atoms with Crippen molar-refractivity contribution in [2.45, 2.75) is 16.9 Å². The van der Waals surface area contributed by atoms with Crippen LogP contribution in [0.25, 0.3) is 0 Å². The highest BCUT2D eigenvalue weighted by molar-refractivity contribution is 8.01. The topological polar surface area (TPSA) is 20.3 Å². The molecule has 1 atom stereocenters. The Balaban J connectivity index is 0.000000597. The molecule has 0 saturated carbocycles. The molecule has 0 saturated heterocycles. The normalized spacial score (nSPS) is 14.3. The van der Waals surface area contributed by atoms with Gasteiger partial charge in [-0.1, -0.05) is 52.7 Å². The monoisotopic (exact) mass is 401 g/mol. The lowest BCUT2D eigenvalue weighted by Crippen LogP contribution is -2.43. The quantitative estimate of drug-likeness (QED) is 0.381. The van der Waals surface area contributed by atoms with Gasteiger partial charge in [0.05, 0.1) is 6.54 Å². The standard InChI is InChI=1S/C15H15F3NOS.BF4/c1-19(12-13-8-4-2-5-9-13)21(20,15(16,17)18)14-10-6-3-7-11-14;2-1(3,4)5/h2-11H,12H2,1H3;/q+1;-1. The van der Waals surface area contributed by atoms with Crippen LogP contribution in [-0.2, 0) is 20.9 Å². The Hall–Kier alpha value is -1.88. The summed E-state index contributed by atoms with van der Waals surface area (Å²) in [5.41, 5.74) is -4.16. The van der Waals surface area contributed by atoms with Crippen LogP contribution in [-0.4, -0.2) is 24.1 Å². The first-order valence-corrected chi connectivity index (χ1v) is 8.65. The van der Waals surface area contributed by atoms with Crippen LogP contribution >= 0.6 is 0 Å². The molecule has 1 unspecified atom stereocenters. The van der Waals surface area contributed by atoms with Crippen LogP contribution in [0.5, 0.6) is 0 Å². The molecule has 26 heavy (non-hydrogen) atoms. The summed E-state index contributed by atoms with van der Waals surface area (Å²) < 4.78 is 92.9. The number of alkyl halides is 3. The average Bonchev–Trinajstić information content (AvgIpc) is 2.53. The van der Waals surface area contributed by atoms with Gasteiger partial charge in [0.25, 0.3) is 10.1 Å². The molecule has 0 N–H and O–H groups in total. The Kier molecular flexibility index (Phi) is 7.40. The summed E-state index contributed by atoms with van der Waals surface area (Å²) in [6, 6.07) is 15.7. The summed E-state index contributed by atoms with van der Waals surface area (Å²) in [6.07, 6.45) is 0. The van der Waals surface area contributed by atoms with Crippen molar-refractivity contribution in [1.82, 2.24) is 4.31 Å². The number of halogens is 7. The van der Waals surface area contributed by atoms with Gasteiger partial charge in [-0.05, 0) is 17.7 Å². The third-order valence-electron chi connectivity index (χ3n) is 3.06. The molecule has 0 bridgehead atoms. The smallest absolute Gasteiger partial charge is 0.418 e. The van der Waals surface area contributed by atoms with E-state index in [1.807, 2.05) is 0 Å². The van der Waals surface area contributed by atoms with Crippen molar-refractivity contribution < 1.29 is 34.6 Å². The molecule has 0 aliphatic carbocycles. The van der Waals surface area contributed by atoms with Crippen LogP contribution in [0.15, 0.2) is 65.6 Å². The minimum absolute atomic E-state index is 0.0475. The van der Waals surface area contributed by atoms with Crippen LogP contribution in [0.4, 0.5) is 30.4 Å². The summed E-state index contributed by atoms with van der Waals surface area (Å²) in [5, 5.41) is 0. The largest absolute Gasteiger partial charge is 0.673 e. The molecule has 0 radical (unpaired) electrons. The van der Waals surface area contributed by atoms with Crippen LogP contribution in [0.1, 0.15) is 5.56 Å². The van der Waals surface area contributed by atoms with E-state index in [4.69, 9.17) is 0 Å². The average molecular weight is 401 g/mol. The second kappa shape index (κ2) is 8.67. The molecular formula is C15H15BF7NOS. The second-order valence-electron chi connectivity index (χ2n) is 5.05. The van der Waals surface area contributed by atoms with Gasteiger partial charge in [0, 0.05) is 7.05 Å². The molecule has 11 heteroatoms. The van der Waals surface area contributed by atoms with Crippen LogP contribution < -0.4 is 0 Å². The first-order chi connectivity index (χ1) is 11.9. The van der Waals surface area contributed by atoms with E-state index in [1.54, 1.807) is 36.4 Å². The number of hydrogen-bond donors (Lipinski definition) is 0. The lowest BCUT2D eigenvalue weighted by atomic mass is 10.2. The van der Waals surface area contributed by atoms with E-state index in [0.29, 0.717) is 5.56 Å². The molecule has 0 aliphatic heterocycles. The highest BCUT2D eigenvalue weighted by atomic mass is 32.3. The van der Waals surface area contributed by atoms with Crippen LogP contribution in [0, 0.1) is 0 Å². The summed E-state index contributed by atoms with van der Waals surface area (Å²) in [7, 11) is -9.10. The van der Waals surface area contributed by atoms with Gasteiger partial charge in [0.2, 0.25) is 0 Å². The predicted molar refractivity (Wildman–Crippen MR) is 86.9 cm³/mol. The fraction of sp³-hybridized carbons (Fsp3) is 0.200. The Bertz CT molecular complexity index is 716. The van der Waals surface area contributed by atoms with E-state index in [-0.39, 0.29) is 11.4 Å². The summed E-state index contributed by atoms with van der Waals surface area (Å²) in [4.78, 5) is -0.226. The van der Waals surface area contributed by atoms with Gasteiger partial charge in [0.15, 0.2) is 4.90 Å². The van der Waals surface area contributed by atoms with Gasteiger partial charge in [0.1, 0.15) is 0 Å². The van der Waals surface area contributed by atoms with Gasteiger partial charge in [-0.3, -0.25) is 0 Å². The number of nitrogens with zero attached hydrogens (tertiary/aromatic N) is 1. The Morgan fingerprint density at radius 1 is 0.885 bits per heavy atom. The maximum absolute atomic E-state index is 13.4. The first-order valence-electron chi connectivity index (χ1n) is 7.14. The third-order valence-corrected chi connectivity index (χ3v) is 5.61. The Labute approximate surface area is 147 Å². The number of rotatable bonds is 4. The Morgan fingerprint density at radius 2 is 1.27 bits per heavy atom. The molecule has 0 aliphatic rings. The van der Waals surface area contributed by atoms with Crippen molar-refractivity contribution >= 4 is 17.4 Å². The highest BCUT2D eigenvalue weighted by Crippen LogP contribution is 2.40. The van der Waals surface area contributed by atoms with Gasteiger partial charge in [-0.25, -0.2) is 0 Å². The molecule has 2 nitrogen and oxygen atoms in total. The Morgan fingerprint density at radius 3 is 1.65 bits per heavy atom. The SMILES string of the molecule is CN(Cc1ccccc1)[S+](=O)(c1ccccc1)C(F)(F)F.F[B-](F)(F)F. The van der Waals surface area contributed by atoms with E-state index in [2.05, 4.69) is 0 Å². The minimum Gasteiger partial charge on any atom is -0.418 e. The number of hydrogen-bond acceptors (Lipinski definition) is 1. The molecule has 0 aromatic heterocycles. The van der Waals surface area contributed by atoms with E-state index in [1.165, 1.54) is 31.3 Å². The van der Waals surface area contributed by atoms with E-state index in [0.717, 1.165) is 4.31 Å². The summed E-state index contributed by atoms with van der Waals surface area (Å²) in [5.74, 6) is 0. The van der Waals surface area contributed by atoms with E-state index in [9.17, 15) is 34.6 Å². The van der Waals surface area contributed by atoms with Crippen molar-refractivity contribution in [3.8, 4) is 0 Å². The number of benzene rings is 2. The van der Waals surface area contributed by atoms with Gasteiger partial charge >= 0.3 is 12.8 Å². The van der Waals surface area contributed by atoms with Crippen molar-refractivity contribution in [3.63, 3.8) is 0 Å². The van der Waals surface area contributed by atoms with Gasteiger partial charge in [-0.2, -0.15) is 0 Å². The molecule has 2 aromatic rings. The zero-order valence-electron chi connectivity index (χ0n) is 13.5. The van der Waals surface area contributed by atoms with Crippen molar-refractivity contribution in [2.24, 2.45) is 0 Å². The molecule has 144 valence electrons. The lowest BCUT2D eigenvalue weighted by Gasteiger charge is -2.22. The van der Waals surface area contributed by atoms with Gasteiger partial charge < -0.3 is 17.3 Å². The molecular weight excluding hydrogens is 386 g/mol. The van der Waals surface area contributed by atoms with Crippen LogP contribution in [0.2, 0.25) is 0 Å². The van der Waals surface area contributed by atoms with Crippen molar-refractivity contribution in [3.05, 3.63) is 66.2 Å². The molecule has 2 rings (SSSR count). The molecule has 0 amide bonds. The zero-order valence-corrected chi connectivity index (χ0v) is 14.3. The molecule has 2 aromatic carbocycles. The highest BCUT2D eigenvalue weighted by Gasteiger charge is 2.63. The fourth-order valence-corrected chi connectivity index (χ4v) is 3.86. The summed E-state index contributed by atoms with van der Waals surface area (Å²) >= 11 is 0. The van der Waals surface area contributed by atoms with E-state index < -0.39 is 22.9 Å². The minimum atomic E-state index is -6.00. The van der Waals surface area contributed by atoms with Crippen molar-refractivity contribution in [2.75, 3.05) is 7.05 Å². The maximum Gasteiger partial charge on any atom is 0.673 e. The van der Waals surface area contributed by atoms with Crippen molar-refractivity contribution in [1.29, 1.82) is 0 Å². The maximum atomic E-state index is 13.4. The predicted octanol–water partition coefficient (Wildman–Crippen LogP) is 5.41. The first kappa shape index (κ1) is 22.2.